The molecule has 0 bridgehead atoms. The normalized spacial score (nSPS) is 14.9. The second kappa shape index (κ2) is 7.31. The van der Waals surface area contributed by atoms with Gasteiger partial charge in [0.1, 0.15) is 0 Å². The highest BCUT2D eigenvalue weighted by atomic mass is 127. The van der Waals surface area contributed by atoms with E-state index in [0.717, 1.165) is 0 Å². The molecule has 1 N–H and O–H groups in total. The second-order valence-electron chi connectivity index (χ2n) is 4.07. The molecule has 17 heavy (non-hydrogen) atoms. The molecule has 3 nitrogen and oxygen atoms in total. The Labute approximate surface area is 117 Å². The van der Waals surface area contributed by atoms with Crippen LogP contribution in [0.4, 0.5) is 0 Å². The van der Waals surface area contributed by atoms with Crippen molar-refractivity contribution in [2.24, 2.45) is 0 Å². The number of ether oxygens (including phenoxy) is 2. The minimum absolute atomic E-state index is 0.138. The maximum atomic E-state index is 5.23. The van der Waals surface area contributed by atoms with Crippen molar-refractivity contribution in [2.45, 2.75) is 32.2 Å². The van der Waals surface area contributed by atoms with E-state index in [9.17, 15) is 0 Å². The highest BCUT2D eigenvalue weighted by Gasteiger charge is 2.18. The molecule has 0 spiro atoms. The monoisotopic (exact) mass is 349 g/mol. The zero-order valence-electron chi connectivity index (χ0n) is 10.7. The van der Waals surface area contributed by atoms with Crippen molar-refractivity contribution in [3.8, 4) is 0 Å². The average Bonchev–Trinajstić information content (AvgIpc) is 2.31. The summed E-state index contributed by atoms with van der Waals surface area (Å²) in [6, 6.07) is 8.92. The van der Waals surface area contributed by atoms with Crippen LogP contribution in [0.1, 0.15) is 25.5 Å². The largest absolute Gasteiger partial charge is 0.354 e. The van der Waals surface area contributed by atoms with Crippen molar-refractivity contribution in [1.82, 2.24) is 5.32 Å². The van der Waals surface area contributed by atoms with E-state index in [2.05, 4.69) is 66.0 Å². The van der Waals surface area contributed by atoms with Crippen LogP contribution in [0.15, 0.2) is 24.3 Å². The van der Waals surface area contributed by atoms with E-state index in [-0.39, 0.29) is 18.4 Å². The van der Waals surface area contributed by atoms with Gasteiger partial charge in [-0.3, -0.25) is 0 Å². The highest BCUT2D eigenvalue weighted by molar-refractivity contribution is 14.1. The molecular formula is C13H20INO2. The van der Waals surface area contributed by atoms with Crippen LogP contribution >= 0.6 is 22.6 Å². The van der Waals surface area contributed by atoms with Crippen LogP contribution in [0.3, 0.4) is 0 Å². The van der Waals surface area contributed by atoms with Crippen LogP contribution in [-0.4, -0.2) is 26.6 Å². The molecule has 0 fully saturated rings. The van der Waals surface area contributed by atoms with E-state index < -0.39 is 0 Å². The first-order chi connectivity index (χ1) is 8.08. The molecule has 4 heteroatoms. The third-order valence-corrected chi connectivity index (χ3v) is 3.47. The average molecular weight is 349 g/mol. The molecule has 2 unspecified atom stereocenters. The number of nitrogens with one attached hydrogen (secondary N) is 1. The van der Waals surface area contributed by atoms with Gasteiger partial charge in [0, 0.05) is 23.8 Å². The number of halogens is 1. The first kappa shape index (κ1) is 14.9. The van der Waals surface area contributed by atoms with Gasteiger partial charge in [-0.2, -0.15) is 0 Å². The summed E-state index contributed by atoms with van der Waals surface area (Å²) in [5.41, 5.74) is 1.27. The molecule has 0 saturated heterocycles. The molecule has 0 aliphatic heterocycles. The number of benzene rings is 1. The van der Waals surface area contributed by atoms with Crippen LogP contribution in [-0.2, 0) is 9.47 Å². The van der Waals surface area contributed by atoms with Gasteiger partial charge in [0.05, 0.1) is 6.04 Å². The molecule has 2 atom stereocenters. The Hall–Kier alpha value is -0.170. The van der Waals surface area contributed by atoms with Crippen molar-refractivity contribution >= 4 is 22.6 Å². The zero-order valence-corrected chi connectivity index (χ0v) is 12.9. The number of hydrogen-bond acceptors (Lipinski definition) is 3. The van der Waals surface area contributed by atoms with Crippen LogP contribution in [0.25, 0.3) is 0 Å². The molecule has 0 aliphatic carbocycles. The zero-order chi connectivity index (χ0) is 12.8. The minimum Gasteiger partial charge on any atom is -0.354 e. The van der Waals surface area contributed by atoms with Gasteiger partial charge in [-0.05, 0) is 54.1 Å². The Morgan fingerprint density at radius 1 is 1.06 bits per heavy atom. The fraction of sp³-hybridized carbons (Fsp3) is 0.538. The molecule has 0 heterocycles. The molecule has 0 saturated carbocycles. The predicted molar refractivity (Wildman–Crippen MR) is 78.0 cm³/mol. The molecule has 1 aromatic carbocycles. The summed E-state index contributed by atoms with van der Waals surface area (Å²) in [5, 5.41) is 3.47. The van der Waals surface area contributed by atoms with Crippen molar-refractivity contribution in [3.05, 3.63) is 33.4 Å². The Bertz CT molecular complexity index is 325. The lowest BCUT2D eigenvalue weighted by molar-refractivity contribution is -0.120. The Morgan fingerprint density at radius 3 is 2.06 bits per heavy atom. The summed E-state index contributed by atoms with van der Waals surface area (Å²) in [7, 11) is 3.31. The summed E-state index contributed by atoms with van der Waals surface area (Å²) in [5.74, 6) is 0. The third kappa shape index (κ3) is 4.54. The van der Waals surface area contributed by atoms with E-state index in [1.54, 1.807) is 14.2 Å². The third-order valence-electron chi connectivity index (χ3n) is 2.76. The molecule has 0 aromatic heterocycles. The Kier molecular flexibility index (Phi) is 6.40. The van der Waals surface area contributed by atoms with E-state index in [1.807, 2.05) is 0 Å². The van der Waals surface area contributed by atoms with E-state index >= 15 is 0 Å². The molecule has 0 aliphatic rings. The minimum atomic E-state index is -0.221. The molecule has 0 amide bonds. The van der Waals surface area contributed by atoms with Crippen LogP contribution in [0.5, 0.6) is 0 Å². The van der Waals surface area contributed by atoms with Gasteiger partial charge in [0.25, 0.3) is 0 Å². The van der Waals surface area contributed by atoms with Crippen molar-refractivity contribution in [1.29, 1.82) is 0 Å². The summed E-state index contributed by atoms with van der Waals surface area (Å²) in [6.07, 6.45) is -0.221. The number of rotatable bonds is 6. The summed E-state index contributed by atoms with van der Waals surface area (Å²) in [4.78, 5) is 0. The topological polar surface area (TPSA) is 30.5 Å². The van der Waals surface area contributed by atoms with Gasteiger partial charge in [-0.25, -0.2) is 0 Å². The number of hydrogen-bond donors (Lipinski definition) is 1. The fourth-order valence-corrected chi connectivity index (χ4v) is 2.18. The summed E-state index contributed by atoms with van der Waals surface area (Å²) >= 11 is 2.31. The molecule has 0 radical (unpaired) electrons. The standard InChI is InChI=1S/C13H20INO2/c1-9(11-5-7-12(14)8-6-11)15-10(2)13(16-3)17-4/h5-10,13,15H,1-4H3. The smallest absolute Gasteiger partial charge is 0.171 e. The van der Waals surface area contributed by atoms with Crippen LogP contribution < -0.4 is 5.32 Å². The van der Waals surface area contributed by atoms with E-state index in [4.69, 9.17) is 9.47 Å². The molecule has 96 valence electrons. The quantitative estimate of drug-likeness (QED) is 0.633. The van der Waals surface area contributed by atoms with Crippen LogP contribution in [0, 0.1) is 3.57 Å². The van der Waals surface area contributed by atoms with Crippen molar-refractivity contribution in [3.63, 3.8) is 0 Å². The Morgan fingerprint density at radius 2 is 1.59 bits per heavy atom. The molecular weight excluding hydrogens is 329 g/mol. The first-order valence-electron chi connectivity index (χ1n) is 5.65. The first-order valence-corrected chi connectivity index (χ1v) is 6.73. The highest BCUT2D eigenvalue weighted by Crippen LogP contribution is 2.16. The Balaban J connectivity index is 2.59. The van der Waals surface area contributed by atoms with Gasteiger partial charge < -0.3 is 14.8 Å². The van der Waals surface area contributed by atoms with Gasteiger partial charge in [-0.1, -0.05) is 12.1 Å². The van der Waals surface area contributed by atoms with Gasteiger partial charge in [0.2, 0.25) is 0 Å². The lowest BCUT2D eigenvalue weighted by Gasteiger charge is -2.26. The number of methoxy groups -OCH3 is 2. The maximum absolute atomic E-state index is 5.23. The van der Waals surface area contributed by atoms with Gasteiger partial charge in [0.15, 0.2) is 6.29 Å². The fourth-order valence-electron chi connectivity index (χ4n) is 1.83. The summed E-state index contributed by atoms with van der Waals surface area (Å²) in [6.45, 7) is 4.20. The van der Waals surface area contributed by atoms with Crippen molar-refractivity contribution < 1.29 is 9.47 Å². The van der Waals surface area contributed by atoms with Crippen molar-refractivity contribution in [2.75, 3.05) is 14.2 Å². The molecule has 1 aromatic rings. The predicted octanol–water partition coefficient (Wildman–Crippen LogP) is 2.95. The maximum Gasteiger partial charge on any atom is 0.171 e. The van der Waals surface area contributed by atoms with E-state index in [0.29, 0.717) is 0 Å². The summed E-state index contributed by atoms with van der Waals surface area (Å²) < 4.78 is 11.7. The van der Waals surface area contributed by atoms with Crippen LogP contribution in [0.2, 0.25) is 0 Å². The molecule has 1 rings (SSSR count). The van der Waals surface area contributed by atoms with E-state index in [1.165, 1.54) is 9.13 Å². The van der Waals surface area contributed by atoms with Gasteiger partial charge >= 0.3 is 0 Å². The van der Waals surface area contributed by atoms with Gasteiger partial charge in [-0.15, -0.1) is 0 Å². The lowest BCUT2D eigenvalue weighted by atomic mass is 10.1. The SMILES string of the molecule is COC(OC)C(C)NC(C)c1ccc(I)cc1. The lowest BCUT2D eigenvalue weighted by Crippen LogP contribution is -2.40. The second-order valence-corrected chi connectivity index (χ2v) is 5.31.